The summed E-state index contributed by atoms with van der Waals surface area (Å²) in [6.07, 6.45) is 5.97. The Hall–Kier alpha value is -1.64. The first kappa shape index (κ1) is 26.0. The van der Waals surface area contributed by atoms with Gasteiger partial charge in [-0.15, -0.1) is 0 Å². The van der Waals surface area contributed by atoms with Crippen molar-refractivity contribution in [2.75, 3.05) is 37.0 Å². The van der Waals surface area contributed by atoms with Crippen molar-refractivity contribution in [3.63, 3.8) is 0 Å². The lowest BCUT2D eigenvalue weighted by molar-refractivity contribution is -0.140. The number of hydrogen-bond acceptors (Lipinski definition) is 5. The third kappa shape index (κ3) is 7.42. The molecule has 0 unspecified atom stereocenters. The van der Waals surface area contributed by atoms with Gasteiger partial charge in [0.05, 0.1) is 5.75 Å². The molecule has 184 valence electrons. The van der Waals surface area contributed by atoms with Crippen molar-refractivity contribution in [2.45, 2.75) is 65.0 Å². The summed E-state index contributed by atoms with van der Waals surface area (Å²) in [6, 6.07) is 3.83. The Morgan fingerprint density at radius 1 is 1.18 bits per heavy atom. The molecule has 1 N–H and O–H groups in total. The maximum atomic E-state index is 12.9. The van der Waals surface area contributed by atoms with E-state index in [0.717, 1.165) is 56.4 Å². The van der Waals surface area contributed by atoms with E-state index in [1.807, 2.05) is 13.0 Å². The SMILES string of the molecule is Cc1c(CN2CCN(C(=O)C3CCCC3)[C@@H](C)C2)cc(Cl)cc1NC(=O)CCCS(C)(=O)=O. The minimum absolute atomic E-state index is 0.00634. The van der Waals surface area contributed by atoms with Crippen molar-refractivity contribution in [1.82, 2.24) is 9.80 Å². The van der Waals surface area contributed by atoms with Crippen molar-refractivity contribution < 1.29 is 18.0 Å². The number of amides is 2. The van der Waals surface area contributed by atoms with Crippen LogP contribution in [0.2, 0.25) is 5.02 Å². The van der Waals surface area contributed by atoms with Gasteiger partial charge in [-0.25, -0.2) is 8.42 Å². The summed E-state index contributed by atoms with van der Waals surface area (Å²) in [6.45, 7) is 7.12. The lowest BCUT2D eigenvalue weighted by Gasteiger charge is -2.41. The number of rotatable bonds is 8. The lowest BCUT2D eigenvalue weighted by atomic mass is 10.0. The van der Waals surface area contributed by atoms with E-state index in [1.54, 1.807) is 6.07 Å². The zero-order valence-corrected chi connectivity index (χ0v) is 21.5. The highest BCUT2D eigenvalue weighted by molar-refractivity contribution is 7.90. The minimum Gasteiger partial charge on any atom is -0.337 e. The van der Waals surface area contributed by atoms with Gasteiger partial charge < -0.3 is 10.2 Å². The molecule has 0 spiro atoms. The molecule has 9 heteroatoms. The molecule has 3 rings (SSSR count). The molecule has 1 saturated carbocycles. The fraction of sp³-hybridized carbons (Fsp3) is 0.667. The minimum atomic E-state index is -3.08. The Bertz CT molecular complexity index is 976. The summed E-state index contributed by atoms with van der Waals surface area (Å²) in [5.74, 6) is 0.299. The highest BCUT2D eigenvalue weighted by atomic mass is 35.5. The molecule has 1 atom stereocenters. The summed E-state index contributed by atoms with van der Waals surface area (Å²) in [7, 11) is -3.08. The van der Waals surface area contributed by atoms with Crippen LogP contribution in [0.25, 0.3) is 0 Å². The number of sulfone groups is 1. The topological polar surface area (TPSA) is 86.8 Å². The Morgan fingerprint density at radius 2 is 1.88 bits per heavy atom. The highest BCUT2D eigenvalue weighted by Crippen LogP contribution is 2.29. The molecule has 7 nitrogen and oxygen atoms in total. The molecule has 2 amide bonds. The van der Waals surface area contributed by atoms with E-state index in [2.05, 4.69) is 22.0 Å². The van der Waals surface area contributed by atoms with Crippen LogP contribution < -0.4 is 5.32 Å². The third-order valence-corrected chi connectivity index (χ3v) is 8.01. The molecule has 2 fully saturated rings. The van der Waals surface area contributed by atoms with Crippen LogP contribution in [0.15, 0.2) is 12.1 Å². The van der Waals surface area contributed by atoms with E-state index in [-0.39, 0.29) is 30.0 Å². The van der Waals surface area contributed by atoms with E-state index in [9.17, 15) is 18.0 Å². The van der Waals surface area contributed by atoms with Gasteiger partial charge in [0.1, 0.15) is 9.84 Å². The zero-order chi connectivity index (χ0) is 24.2. The van der Waals surface area contributed by atoms with Crippen LogP contribution in [-0.2, 0) is 26.0 Å². The highest BCUT2D eigenvalue weighted by Gasteiger charge is 2.33. The maximum absolute atomic E-state index is 12.9. The van der Waals surface area contributed by atoms with Gasteiger partial charge in [-0.2, -0.15) is 0 Å². The van der Waals surface area contributed by atoms with E-state index < -0.39 is 9.84 Å². The van der Waals surface area contributed by atoms with Gasteiger partial charge in [0.2, 0.25) is 11.8 Å². The second kappa shape index (κ2) is 11.2. The van der Waals surface area contributed by atoms with E-state index in [4.69, 9.17) is 11.6 Å². The molecule has 0 bridgehead atoms. The fourth-order valence-electron chi connectivity index (χ4n) is 4.89. The average molecular weight is 498 g/mol. The van der Waals surface area contributed by atoms with E-state index in [0.29, 0.717) is 29.6 Å². The first-order chi connectivity index (χ1) is 15.5. The van der Waals surface area contributed by atoms with Crippen molar-refractivity contribution in [1.29, 1.82) is 0 Å². The van der Waals surface area contributed by atoms with Crippen LogP contribution >= 0.6 is 11.6 Å². The number of benzene rings is 1. The third-order valence-electron chi connectivity index (χ3n) is 6.77. The first-order valence-electron chi connectivity index (χ1n) is 11.8. The summed E-state index contributed by atoms with van der Waals surface area (Å²) in [4.78, 5) is 29.6. The smallest absolute Gasteiger partial charge is 0.226 e. The molecule has 1 aliphatic heterocycles. The van der Waals surface area contributed by atoms with Crippen molar-refractivity contribution in [2.24, 2.45) is 5.92 Å². The number of nitrogens with one attached hydrogen (secondary N) is 1. The summed E-state index contributed by atoms with van der Waals surface area (Å²) < 4.78 is 22.6. The van der Waals surface area contributed by atoms with Gasteiger partial charge in [-0.05, 0) is 56.4 Å². The number of carbonyl (C=O) groups excluding carboxylic acids is 2. The summed E-state index contributed by atoms with van der Waals surface area (Å²) in [5, 5.41) is 3.43. The Balaban J connectivity index is 1.59. The number of carbonyl (C=O) groups is 2. The van der Waals surface area contributed by atoms with Gasteiger partial charge in [0, 0.05) is 61.5 Å². The molecule has 1 aromatic rings. The maximum Gasteiger partial charge on any atom is 0.226 e. The molecule has 33 heavy (non-hydrogen) atoms. The van der Waals surface area contributed by atoms with Crippen LogP contribution in [0.4, 0.5) is 5.69 Å². The zero-order valence-electron chi connectivity index (χ0n) is 19.9. The van der Waals surface area contributed by atoms with Crippen molar-refractivity contribution >= 4 is 38.9 Å². The molecule has 1 heterocycles. The standard InChI is InChI=1S/C24H36ClN3O4S/c1-17-15-27(10-11-28(17)24(30)19-7-4-5-8-19)16-20-13-21(25)14-22(18(20)2)26-23(29)9-6-12-33(3,31)32/h13-14,17,19H,4-12,15-16H2,1-3H3,(H,26,29)/t17-/m0/s1. The second-order valence-corrected chi connectivity index (χ2v) is 12.3. The summed E-state index contributed by atoms with van der Waals surface area (Å²) >= 11 is 6.35. The molecule has 0 radical (unpaired) electrons. The quantitative estimate of drug-likeness (QED) is 0.592. The molecule has 0 aromatic heterocycles. The summed E-state index contributed by atoms with van der Waals surface area (Å²) in [5.41, 5.74) is 2.65. The van der Waals surface area contributed by atoms with Crippen LogP contribution in [0, 0.1) is 12.8 Å². The normalized spacial score (nSPS) is 20.2. The number of halogens is 1. The van der Waals surface area contributed by atoms with Gasteiger partial charge in [0.25, 0.3) is 0 Å². The van der Waals surface area contributed by atoms with Gasteiger partial charge in [0.15, 0.2) is 0 Å². The Morgan fingerprint density at radius 3 is 2.52 bits per heavy atom. The van der Waals surface area contributed by atoms with Gasteiger partial charge >= 0.3 is 0 Å². The van der Waals surface area contributed by atoms with Crippen molar-refractivity contribution in [3.8, 4) is 0 Å². The largest absolute Gasteiger partial charge is 0.337 e. The molecular formula is C24H36ClN3O4S. The fourth-order valence-corrected chi connectivity index (χ4v) is 5.80. The predicted octanol–water partition coefficient (Wildman–Crippen LogP) is 3.63. The Kier molecular flexibility index (Phi) is 8.81. The second-order valence-electron chi connectivity index (χ2n) is 9.62. The average Bonchev–Trinajstić information content (AvgIpc) is 3.25. The molecule has 1 saturated heterocycles. The number of nitrogens with zero attached hydrogens (tertiary/aromatic N) is 2. The van der Waals surface area contributed by atoms with Gasteiger partial charge in [-0.1, -0.05) is 24.4 Å². The Labute approximate surface area is 202 Å². The monoisotopic (exact) mass is 497 g/mol. The van der Waals surface area contributed by atoms with E-state index >= 15 is 0 Å². The number of piperazine rings is 1. The van der Waals surface area contributed by atoms with Crippen LogP contribution in [0.1, 0.15) is 56.6 Å². The molecule has 2 aliphatic rings. The van der Waals surface area contributed by atoms with Crippen LogP contribution in [0.3, 0.4) is 0 Å². The van der Waals surface area contributed by atoms with Crippen LogP contribution in [0.5, 0.6) is 0 Å². The van der Waals surface area contributed by atoms with E-state index in [1.165, 1.54) is 6.26 Å². The number of hydrogen-bond donors (Lipinski definition) is 1. The lowest BCUT2D eigenvalue weighted by Crippen LogP contribution is -2.54. The molecule has 1 aliphatic carbocycles. The molecule has 1 aromatic carbocycles. The number of anilines is 1. The predicted molar refractivity (Wildman–Crippen MR) is 132 cm³/mol. The van der Waals surface area contributed by atoms with Crippen molar-refractivity contribution in [3.05, 3.63) is 28.3 Å². The molecular weight excluding hydrogens is 462 g/mol. The van der Waals surface area contributed by atoms with Crippen LogP contribution in [-0.4, -0.2) is 67.7 Å². The van der Waals surface area contributed by atoms with Gasteiger partial charge in [-0.3, -0.25) is 14.5 Å². The first-order valence-corrected chi connectivity index (χ1v) is 14.3.